The van der Waals surface area contributed by atoms with Gasteiger partial charge in [0.2, 0.25) is 5.91 Å². The predicted octanol–water partition coefficient (Wildman–Crippen LogP) is 1.39. The third-order valence-electron chi connectivity index (χ3n) is 4.59. The van der Waals surface area contributed by atoms with Crippen molar-refractivity contribution in [3.8, 4) is 0 Å². The Morgan fingerprint density at radius 3 is 2.72 bits per heavy atom. The fourth-order valence-corrected chi connectivity index (χ4v) is 3.03. The van der Waals surface area contributed by atoms with Crippen LogP contribution in [0, 0.1) is 11.3 Å². The molecule has 0 aromatic rings. The van der Waals surface area contributed by atoms with Gasteiger partial charge in [0.05, 0.1) is 6.61 Å². The van der Waals surface area contributed by atoms with Crippen LogP contribution in [0.15, 0.2) is 0 Å². The van der Waals surface area contributed by atoms with E-state index in [2.05, 4.69) is 0 Å². The van der Waals surface area contributed by atoms with E-state index in [1.807, 2.05) is 11.9 Å². The first-order valence-corrected chi connectivity index (χ1v) is 7.17. The number of hydrogen-bond acceptors (Lipinski definition) is 3. The summed E-state index contributed by atoms with van der Waals surface area (Å²) in [6.07, 6.45) is 6.41. The van der Waals surface area contributed by atoms with Crippen molar-refractivity contribution >= 4 is 5.91 Å². The number of nitrogens with zero attached hydrogens (tertiary/aromatic N) is 1. The largest absolute Gasteiger partial charge is 0.381 e. The second-order valence-corrected chi connectivity index (χ2v) is 6.09. The summed E-state index contributed by atoms with van der Waals surface area (Å²) >= 11 is 0. The average Bonchev–Trinajstić information content (AvgIpc) is 2.34. The molecule has 2 fully saturated rings. The number of hydrogen-bond donors (Lipinski definition) is 1. The zero-order valence-corrected chi connectivity index (χ0v) is 11.5. The van der Waals surface area contributed by atoms with Crippen molar-refractivity contribution in [1.29, 1.82) is 0 Å². The quantitative estimate of drug-likeness (QED) is 0.806. The highest BCUT2D eigenvalue weighted by Crippen LogP contribution is 2.43. The molecule has 0 aromatic carbocycles. The molecule has 1 atom stereocenters. The van der Waals surface area contributed by atoms with Gasteiger partial charge in [0.15, 0.2) is 0 Å². The van der Waals surface area contributed by atoms with Crippen LogP contribution in [0.1, 0.15) is 38.5 Å². The average molecular weight is 254 g/mol. The van der Waals surface area contributed by atoms with Crippen molar-refractivity contribution in [3.63, 3.8) is 0 Å². The first-order valence-electron chi connectivity index (χ1n) is 7.17. The van der Waals surface area contributed by atoms with Gasteiger partial charge in [-0.15, -0.1) is 0 Å². The maximum atomic E-state index is 12.2. The highest BCUT2D eigenvalue weighted by atomic mass is 16.5. The van der Waals surface area contributed by atoms with Gasteiger partial charge in [0, 0.05) is 26.6 Å². The molecule has 2 aliphatic rings. The fraction of sp³-hybridized carbons (Fsp3) is 0.929. The summed E-state index contributed by atoms with van der Waals surface area (Å²) in [5.41, 5.74) is 5.93. The second-order valence-electron chi connectivity index (χ2n) is 6.09. The third kappa shape index (κ3) is 3.23. The number of nitrogens with two attached hydrogens (primary N) is 1. The minimum absolute atomic E-state index is 0.119. The summed E-state index contributed by atoms with van der Waals surface area (Å²) < 4.78 is 5.46. The number of amides is 1. The van der Waals surface area contributed by atoms with Gasteiger partial charge in [0.1, 0.15) is 0 Å². The molecule has 0 aromatic heterocycles. The van der Waals surface area contributed by atoms with Crippen molar-refractivity contribution in [3.05, 3.63) is 0 Å². The lowest BCUT2D eigenvalue weighted by Gasteiger charge is -2.41. The molecule has 0 radical (unpaired) electrons. The van der Waals surface area contributed by atoms with Crippen molar-refractivity contribution in [2.24, 2.45) is 17.1 Å². The molecule has 1 unspecified atom stereocenters. The van der Waals surface area contributed by atoms with E-state index >= 15 is 0 Å². The van der Waals surface area contributed by atoms with Crippen LogP contribution in [-0.2, 0) is 9.53 Å². The summed E-state index contributed by atoms with van der Waals surface area (Å²) in [6, 6.07) is 0. The molecule has 4 heteroatoms. The molecule has 1 aliphatic carbocycles. The van der Waals surface area contributed by atoms with Crippen molar-refractivity contribution in [1.82, 2.24) is 4.90 Å². The van der Waals surface area contributed by atoms with Crippen LogP contribution in [-0.4, -0.2) is 44.2 Å². The van der Waals surface area contributed by atoms with E-state index in [0.717, 1.165) is 39.0 Å². The lowest BCUT2D eigenvalue weighted by Crippen LogP contribution is -2.43. The lowest BCUT2D eigenvalue weighted by molar-refractivity contribution is -0.134. The first kappa shape index (κ1) is 13.8. The van der Waals surface area contributed by atoms with Gasteiger partial charge < -0.3 is 15.4 Å². The number of carbonyl (C=O) groups is 1. The van der Waals surface area contributed by atoms with Crippen LogP contribution >= 0.6 is 0 Å². The monoisotopic (exact) mass is 254 g/mol. The van der Waals surface area contributed by atoms with E-state index in [9.17, 15) is 4.79 Å². The van der Waals surface area contributed by atoms with Crippen LogP contribution in [0.25, 0.3) is 0 Å². The topological polar surface area (TPSA) is 55.6 Å². The molecule has 1 saturated carbocycles. The molecule has 0 bridgehead atoms. The van der Waals surface area contributed by atoms with Crippen LogP contribution in [0.5, 0.6) is 0 Å². The molecule has 104 valence electrons. The normalized spacial score (nSPS) is 26.4. The minimum atomic E-state index is 0.119. The Bertz CT molecular complexity index is 278. The standard InChI is InChI=1S/C14H26N2O2/c1-16(9-12-4-2-7-18-10-12)13(17)8-14(11-15)5-3-6-14/h12H,2-11,15H2,1H3. The fourth-order valence-electron chi connectivity index (χ4n) is 3.03. The Morgan fingerprint density at radius 1 is 1.44 bits per heavy atom. The molecule has 1 aliphatic heterocycles. The maximum Gasteiger partial charge on any atom is 0.222 e. The first-order chi connectivity index (χ1) is 8.65. The highest BCUT2D eigenvalue weighted by Gasteiger charge is 2.38. The van der Waals surface area contributed by atoms with Crippen LogP contribution < -0.4 is 5.73 Å². The third-order valence-corrected chi connectivity index (χ3v) is 4.59. The maximum absolute atomic E-state index is 12.2. The van der Waals surface area contributed by atoms with Crippen molar-refractivity contribution in [2.45, 2.75) is 38.5 Å². The van der Waals surface area contributed by atoms with Crippen molar-refractivity contribution < 1.29 is 9.53 Å². The van der Waals surface area contributed by atoms with Crippen LogP contribution in [0.4, 0.5) is 0 Å². The molecule has 18 heavy (non-hydrogen) atoms. The Hall–Kier alpha value is -0.610. The van der Waals surface area contributed by atoms with Gasteiger partial charge in [-0.05, 0) is 43.6 Å². The van der Waals surface area contributed by atoms with Gasteiger partial charge in [0.25, 0.3) is 0 Å². The van der Waals surface area contributed by atoms with E-state index in [0.29, 0.717) is 18.9 Å². The van der Waals surface area contributed by atoms with Gasteiger partial charge in [-0.3, -0.25) is 4.79 Å². The van der Waals surface area contributed by atoms with E-state index in [-0.39, 0.29) is 11.3 Å². The Morgan fingerprint density at radius 2 is 2.22 bits per heavy atom. The SMILES string of the molecule is CN(CC1CCCOC1)C(=O)CC1(CN)CCC1. The molecular formula is C14H26N2O2. The summed E-state index contributed by atoms with van der Waals surface area (Å²) in [6.45, 7) is 3.17. The minimum Gasteiger partial charge on any atom is -0.381 e. The highest BCUT2D eigenvalue weighted by molar-refractivity contribution is 5.76. The second kappa shape index (κ2) is 6.02. The molecule has 2 N–H and O–H groups in total. The van der Waals surface area contributed by atoms with Crippen LogP contribution in [0.3, 0.4) is 0 Å². The lowest BCUT2D eigenvalue weighted by atomic mass is 9.66. The molecular weight excluding hydrogens is 228 g/mol. The predicted molar refractivity (Wildman–Crippen MR) is 71.1 cm³/mol. The van der Waals surface area contributed by atoms with Crippen LogP contribution in [0.2, 0.25) is 0 Å². The summed E-state index contributed by atoms with van der Waals surface area (Å²) in [7, 11) is 1.92. The van der Waals surface area contributed by atoms with Crippen molar-refractivity contribution in [2.75, 3.05) is 33.4 Å². The van der Waals surface area contributed by atoms with E-state index in [1.54, 1.807) is 0 Å². The number of rotatable bonds is 5. The molecule has 2 rings (SSSR count). The van der Waals surface area contributed by atoms with E-state index in [4.69, 9.17) is 10.5 Å². The zero-order valence-electron chi connectivity index (χ0n) is 11.5. The smallest absolute Gasteiger partial charge is 0.222 e. The molecule has 4 nitrogen and oxygen atoms in total. The Balaban J connectivity index is 1.77. The molecule has 0 spiro atoms. The van der Waals surface area contributed by atoms with Gasteiger partial charge in [-0.1, -0.05) is 6.42 Å². The molecule has 1 amide bonds. The van der Waals surface area contributed by atoms with Gasteiger partial charge in [-0.25, -0.2) is 0 Å². The Kier molecular flexibility index (Phi) is 4.62. The number of carbonyl (C=O) groups excluding carboxylic acids is 1. The van der Waals surface area contributed by atoms with Gasteiger partial charge >= 0.3 is 0 Å². The van der Waals surface area contributed by atoms with E-state index < -0.39 is 0 Å². The summed E-state index contributed by atoms with van der Waals surface area (Å²) in [4.78, 5) is 14.1. The molecule has 1 heterocycles. The van der Waals surface area contributed by atoms with Gasteiger partial charge in [-0.2, -0.15) is 0 Å². The summed E-state index contributed by atoms with van der Waals surface area (Å²) in [5, 5.41) is 0. The Labute approximate surface area is 110 Å². The summed E-state index contributed by atoms with van der Waals surface area (Å²) in [5.74, 6) is 0.772. The number of ether oxygens (including phenoxy) is 1. The molecule has 1 saturated heterocycles. The van der Waals surface area contributed by atoms with E-state index in [1.165, 1.54) is 12.8 Å². The zero-order chi connectivity index (χ0) is 13.0.